The van der Waals surface area contributed by atoms with Crippen molar-refractivity contribution in [2.45, 2.75) is 0 Å². The molecular weight excluding hydrogens is 785 g/mol. The Hall–Kier alpha value is -8.12. The van der Waals surface area contributed by atoms with E-state index < -0.39 is 0 Å². The van der Waals surface area contributed by atoms with Gasteiger partial charge in [0.1, 0.15) is 5.82 Å². The molecule has 0 saturated carbocycles. The molecule has 0 N–H and O–H groups in total. The summed E-state index contributed by atoms with van der Waals surface area (Å²) in [6.45, 7) is 0. The van der Waals surface area contributed by atoms with Crippen molar-refractivity contribution in [3.63, 3.8) is 0 Å². The summed E-state index contributed by atoms with van der Waals surface area (Å²) in [5.74, 6) is 0.893. The molecule has 0 unspecified atom stereocenters. The van der Waals surface area contributed by atoms with Crippen molar-refractivity contribution in [3.05, 3.63) is 219 Å². The van der Waals surface area contributed by atoms with Gasteiger partial charge < -0.3 is 4.57 Å². The van der Waals surface area contributed by atoms with Gasteiger partial charge in [0.15, 0.2) is 0 Å². The van der Waals surface area contributed by atoms with Gasteiger partial charge in [-0.2, -0.15) is 0 Å². The van der Waals surface area contributed by atoms with Crippen LogP contribution in [0, 0.1) is 0 Å². The highest BCUT2D eigenvalue weighted by molar-refractivity contribution is 7.25. The first-order valence-corrected chi connectivity index (χ1v) is 22.1. The van der Waals surface area contributed by atoms with Crippen LogP contribution in [0.15, 0.2) is 219 Å². The Bertz CT molecular complexity index is 3860. The van der Waals surface area contributed by atoms with E-state index in [2.05, 4.69) is 215 Å². The zero-order chi connectivity index (χ0) is 41.4. The number of aromatic nitrogens is 4. The monoisotopic (exact) mass is 820 g/mol. The van der Waals surface area contributed by atoms with Gasteiger partial charge in [-0.05, 0) is 118 Å². The highest BCUT2D eigenvalue weighted by atomic mass is 32.1. The van der Waals surface area contributed by atoms with Gasteiger partial charge in [0.25, 0.3) is 0 Å². The molecule has 0 radical (unpaired) electrons. The van der Waals surface area contributed by atoms with Crippen LogP contribution in [-0.4, -0.2) is 19.1 Å². The number of para-hydroxylation sites is 2. The Morgan fingerprint density at radius 3 is 1.63 bits per heavy atom. The highest BCUT2D eigenvalue weighted by Crippen LogP contribution is 2.40. The van der Waals surface area contributed by atoms with Crippen LogP contribution < -0.4 is 0 Å². The van der Waals surface area contributed by atoms with E-state index in [0.29, 0.717) is 0 Å². The van der Waals surface area contributed by atoms with E-state index in [0.717, 1.165) is 50.4 Å². The summed E-state index contributed by atoms with van der Waals surface area (Å²) < 4.78 is 7.22. The number of thiophene rings is 1. The van der Waals surface area contributed by atoms with Gasteiger partial charge >= 0.3 is 0 Å². The first-order valence-electron chi connectivity index (χ1n) is 21.3. The molecule has 13 aromatic rings. The maximum atomic E-state index is 5.34. The van der Waals surface area contributed by atoms with Crippen LogP contribution in [0.2, 0.25) is 0 Å². The quantitative estimate of drug-likeness (QED) is 0.167. The molecule has 0 bridgehead atoms. The molecule has 0 aliphatic carbocycles. The molecule has 4 nitrogen and oxygen atoms in total. The molecule has 0 saturated heterocycles. The van der Waals surface area contributed by atoms with Crippen LogP contribution in [0.1, 0.15) is 0 Å². The van der Waals surface area contributed by atoms with E-state index in [1.165, 1.54) is 69.6 Å². The van der Waals surface area contributed by atoms with Crippen molar-refractivity contribution < 1.29 is 0 Å². The van der Waals surface area contributed by atoms with Gasteiger partial charge in [-0.25, -0.2) is 4.98 Å². The van der Waals surface area contributed by atoms with Gasteiger partial charge in [0, 0.05) is 49.1 Å². The molecule has 0 aliphatic heterocycles. The Balaban J connectivity index is 0.938. The van der Waals surface area contributed by atoms with E-state index in [1.807, 2.05) is 12.3 Å². The molecule has 0 spiro atoms. The van der Waals surface area contributed by atoms with E-state index in [1.54, 1.807) is 11.3 Å². The molecule has 8 aromatic carbocycles. The third-order valence-electron chi connectivity index (χ3n) is 12.6. The number of hydrogen-bond acceptors (Lipinski definition) is 3. The fraction of sp³-hybridized carbons (Fsp3) is 0. The molecular formula is C58H36N4S. The molecule has 0 fully saturated rings. The second kappa shape index (κ2) is 14.2. The summed E-state index contributed by atoms with van der Waals surface area (Å²) >= 11 is 1.80. The smallest absolute Gasteiger partial charge is 0.138 e. The van der Waals surface area contributed by atoms with E-state index in [-0.39, 0.29) is 0 Å². The van der Waals surface area contributed by atoms with E-state index >= 15 is 0 Å². The van der Waals surface area contributed by atoms with Crippen LogP contribution in [0.3, 0.4) is 0 Å². The summed E-state index contributed by atoms with van der Waals surface area (Å²) in [4.78, 5) is 10.1. The Morgan fingerprint density at radius 2 is 0.905 bits per heavy atom. The Kier molecular flexibility index (Phi) is 8.05. The molecule has 5 heteroatoms. The molecule has 0 amide bonds. The van der Waals surface area contributed by atoms with Gasteiger partial charge in [0.05, 0.1) is 38.0 Å². The lowest BCUT2D eigenvalue weighted by Gasteiger charge is -2.13. The summed E-state index contributed by atoms with van der Waals surface area (Å²) in [5.41, 5.74) is 15.9. The van der Waals surface area contributed by atoms with E-state index in [9.17, 15) is 0 Å². The average Bonchev–Trinajstić information content (AvgIpc) is 4.01. The number of rotatable bonds is 6. The standard InChI is InChI=1S/C58H36N4S/c1-3-13-37(14-4-1)43-35-50(38-15-5-2-6-16-38)60-57(36-43)62-52-22-10-8-20-46(52)48-33-41(25-28-54(48)62)40-24-27-53-47(32-40)45-19-7-9-21-51(45)61(53)44-18-11-17-39(31-44)42-26-29-55-49(34-42)58-56(63-55)23-12-30-59-58/h1-36H. The number of benzene rings is 8. The molecule has 5 heterocycles. The van der Waals surface area contributed by atoms with Crippen molar-refractivity contribution in [1.29, 1.82) is 0 Å². The maximum absolute atomic E-state index is 5.34. The fourth-order valence-electron chi connectivity index (χ4n) is 9.62. The van der Waals surface area contributed by atoms with Crippen molar-refractivity contribution in [2.24, 2.45) is 0 Å². The number of pyridine rings is 2. The zero-order valence-electron chi connectivity index (χ0n) is 34.0. The van der Waals surface area contributed by atoms with Gasteiger partial charge in [0.2, 0.25) is 0 Å². The molecule has 294 valence electrons. The summed E-state index contributed by atoms with van der Waals surface area (Å²) in [7, 11) is 0. The van der Waals surface area contributed by atoms with Crippen LogP contribution >= 0.6 is 11.3 Å². The van der Waals surface area contributed by atoms with Crippen molar-refractivity contribution >= 4 is 75.3 Å². The number of fused-ring (bicyclic) bond motifs is 9. The van der Waals surface area contributed by atoms with Crippen LogP contribution in [0.4, 0.5) is 0 Å². The topological polar surface area (TPSA) is 35.6 Å². The van der Waals surface area contributed by atoms with Gasteiger partial charge in [-0.15, -0.1) is 11.3 Å². The summed E-state index contributed by atoms with van der Waals surface area (Å²) in [6.07, 6.45) is 1.89. The lowest BCUT2D eigenvalue weighted by Crippen LogP contribution is -2.00. The van der Waals surface area contributed by atoms with E-state index in [4.69, 9.17) is 9.97 Å². The minimum atomic E-state index is 0.893. The van der Waals surface area contributed by atoms with Crippen LogP contribution in [-0.2, 0) is 0 Å². The highest BCUT2D eigenvalue weighted by Gasteiger charge is 2.19. The van der Waals surface area contributed by atoms with Crippen molar-refractivity contribution in [1.82, 2.24) is 19.1 Å². The van der Waals surface area contributed by atoms with Crippen LogP contribution in [0.5, 0.6) is 0 Å². The first kappa shape index (κ1) is 35.6. The first-order chi connectivity index (χ1) is 31.2. The number of nitrogens with zero attached hydrogens (tertiary/aromatic N) is 4. The number of hydrogen-bond donors (Lipinski definition) is 0. The van der Waals surface area contributed by atoms with Crippen molar-refractivity contribution in [3.8, 4) is 56.1 Å². The zero-order valence-corrected chi connectivity index (χ0v) is 34.8. The third-order valence-corrected chi connectivity index (χ3v) is 13.7. The predicted molar refractivity (Wildman–Crippen MR) is 265 cm³/mol. The van der Waals surface area contributed by atoms with Crippen LogP contribution in [0.25, 0.3) is 120 Å². The maximum Gasteiger partial charge on any atom is 0.138 e. The second-order valence-electron chi connectivity index (χ2n) is 16.2. The SMILES string of the molecule is c1ccc(-c2cc(-c3ccccc3)nc(-n3c4ccccc4c4cc(-c5ccc6c(c5)c5ccccc5n6-c5cccc(-c6ccc7sc8cccnc8c7c6)c5)ccc43)c2)cc1. The average molecular weight is 821 g/mol. The fourth-order valence-corrected chi connectivity index (χ4v) is 10.7. The minimum Gasteiger partial charge on any atom is -0.309 e. The Labute approximate surface area is 367 Å². The minimum absolute atomic E-state index is 0.893. The predicted octanol–water partition coefficient (Wildman–Crippen LogP) is 15.7. The lowest BCUT2D eigenvalue weighted by atomic mass is 10.0. The third kappa shape index (κ3) is 5.82. The second-order valence-corrected chi connectivity index (χ2v) is 17.3. The molecule has 13 rings (SSSR count). The largest absolute Gasteiger partial charge is 0.309 e. The van der Waals surface area contributed by atoms with Crippen molar-refractivity contribution in [2.75, 3.05) is 0 Å². The van der Waals surface area contributed by atoms with Gasteiger partial charge in [-0.1, -0.05) is 127 Å². The molecule has 0 aliphatic rings. The normalized spacial score (nSPS) is 11.8. The summed E-state index contributed by atoms with van der Waals surface area (Å²) in [6, 6.07) is 76.7. The molecule has 63 heavy (non-hydrogen) atoms. The lowest BCUT2D eigenvalue weighted by molar-refractivity contribution is 1.08. The molecule has 5 aromatic heterocycles. The van der Waals surface area contributed by atoms with Gasteiger partial charge in [-0.3, -0.25) is 9.55 Å². The molecule has 0 atom stereocenters. The summed E-state index contributed by atoms with van der Waals surface area (Å²) in [5, 5.41) is 6.05. The Morgan fingerprint density at radius 1 is 0.333 bits per heavy atom.